The van der Waals surface area contributed by atoms with Crippen molar-refractivity contribution >= 4 is 14.4 Å². The first kappa shape index (κ1) is 19.4. The fourth-order valence-electron chi connectivity index (χ4n) is 2.17. The molecule has 118 valence electrons. The Kier molecular flexibility index (Phi) is 10.7. The summed E-state index contributed by atoms with van der Waals surface area (Å²) in [5.74, 6) is -0.336. The Balaban J connectivity index is 3.28. The number of rotatable bonds is 12. The van der Waals surface area contributed by atoms with Gasteiger partial charge in [-0.2, -0.15) is 0 Å². The largest absolute Gasteiger partial charge is 0.460 e. The maximum atomic E-state index is 13.4. The highest BCUT2D eigenvalue weighted by Gasteiger charge is 2.18. The van der Waals surface area contributed by atoms with Crippen LogP contribution in [-0.2, 0) is 9.53 Å². The molecule has 0 aromatic heterocycles. The maximum absolute atomic E-state index is 13.4. The molecule has 0 aliphatic carbocycles. The minimum absolute atomic E-state index is 0.0164. The van der Waals surface area contributed by atoms with Gasteiger partial charge in [0.05, 0.1) is 6.10 Å². The van der Waals surface area contributed by atoms with Gasteiger partial charge in [-0.25, -0.2) is 4.79 Å². The molecular formula is C16H31FO2Si. The van der Waals surface area contributed by atoms with Crippen molar-refractivity contribution in [2.45, 2.75) is 83.5 Å². The van der Waals surface area contributed by atoms with E-state index >= 15 is 0 Å². The van der Waals surface area contributed by atoms with Crippen LogP contribution in [0.5, 0.6) is 0 Å². The SMILES string of the molecule is C=CC(=O)OC(C)CCCCCCCCC[Si](C)(C)F. The van der Waals surface area contributed by atoms with Gasteiger partial charge in [-0.3, -0.25) is 0 Å². The van der Waals surface area contributed by atoms with Gasteiger partial charge in [0.1, 0.15) is 0 Å². The Labute approximate surface area is 125 Å². The third-order valence-corrected chi connectivity index (χ3v) is 4.91. The molecule has 0 rings (SSSR count). The number of esters is 1. The first-order chi connectivity index (χ1) is 9.35. The molecule has 0 bridgehead atoms. The van der Waals surface area contributed by atoms with E-state index in [1.165, 1.54) is 31.8 Å². The molecule has 1 unspecified atom stereocenters. The van der Waals surface area contributed by atoms with Gasteiger partial charge in [-0.15, -0.1) is 0 Å². The standard InChI is InChI=1S/C16H31FO2Si/c1-5-16(18)19-15(2)13-11-9-7-6-8-10-12-14-20(3,4)17/h5,15H,1,6-14H2,2-4H3. The van der Waals surface area contributed by atoms with Crippen molar-refractivity contribution in [2.24, 2.45) is 0 Å². The van der Waals surface area contributed by atoms with Gasteiger partial charge >= 0.3 is 5.97 Å². The van der Waals surface area contributed by atoms with E-state index in [2.05, 4.69) is 6.58 Å². The normalized spacial score (nSPS) is 13.0. The molecule has 0 fully saturated rings. The second kappa shape index (κ2) is 11.1. The Hall–Kier alpha value is -0.643. The molecule has 0 aliphatic rings. The Morgan fingerprint density at radius 1 is 1.15 bits per heavy atom. The van der Waals surface area contributed by atoms with Crippen molar-refractivity contribution in [2.75, 3.05) is 0 Å². The Morgan fingerprint density at radius 3 is 2.15 bits per heavy atom. The highest BCUT2D eigenvalue weighted by molar-refractivity contribution is 6.70. The topological polar surface area (TPSA) is 26.3 Å². The molecule has 0 aromatic rings. The summed E-state index contributed by atoms with van der Waals surface area (Å²) in [7, 11) is -2.32. The van der Waals surface area contributed by atoms with E-state index in [-0.39, 0.29) is 12.1 Å². The van der Waals surface area contributed by atoms with Crippen LogP contribution in [-0.4, -0.2) is 20.5 Å². The Morgan fingerprint density at radius 2 is 1.65 bits per heavy atom. The monoisotopic (exact) mass is 302 g/mol. The molecule has 0 amide bonds. The van der Waals surface area contributed by atoms with Crippen molar-refractivity contribution in [1.29, 1.82) is 0 Å². The third kappa shape index (κ3) is 13.8. The first-order valence-electron chi connectivity index (χ1n) is 7.87. The van der Waals surface area contributed by atoms with Crippen LogP contribution in [0.4, 0.5) is 4.11 Å². The van der Waals surface area contributed by atoms with Crippen LogP contribution in [0.1, 0.15) is 58.3 Å². The number of ether oxygens (including phenoxy) is 1. The lowest BCUT2D eigenvalue weighted by Crippen LogP contribution is -2.16. The molecular weight excluding hydrogens is 271 g/mol. The minimum atomic E-state index is -2.32. The summed E-state index contributed by atoms with van der Waals surface area (Å²) in [6.07, 6.45) is 10.3. The average Bonchev–Trinajstić information content (AvgIpc) is 2.35. The summed E-state index contributed by atoms with van der Waals surface area (Å²) in [5.41, 5.74) is 0. The van der Waals surface area contributed by atoms with Crippen LogP contribution >= 0.6 is 0 Å². The summed E-state index contributed by atoms with van der Waals surface area (Å²) in [6, 6.07) is 0.805. The van der Waals surface area contributed by atoms with Gasteiger partial charge < -0.3 is 8.84 Å². The average molecular weight is 303 g/mol. The van der Waals surface area contributed by atoms with Crippen LogP contribution < -0.4 is 0 Å². The van der Waals surface area contributed by atoms with Crippen molar-refractivity contribution in [3.63, 3.8) is 0 Å². The van der Waals surface area contributed by atoms with E-state index in [9.17, 15) is 8.90 Å². The highest BCUT2D eigenvalue weighted by Crippen LogP contribution is 2.17. The van der Waals surface area contributed by atoms with Gasteiger partial charge in [0, 0.05) is 6.08 Å². The summed E-state index contributed by atoms with van der Waals surface area (Å²) in [6.45, 7) is 8.87. The van der Waals surface area contributed by atoms with Gasteiger partial charge in [-0.1, -0.05) is 45.1 Å². The molecule has 0 heterocycles. The van der Waals surface area contributed by atoms with Crippen molar-refractivity contribution in [3.05, 3.63) is 12.7 Å². The summed E-state index contributed by atoms with van der Waals surface area (Å²) < 4.78 is 18.5. The quantitative estimate of drug-likeness (QED) is 0.159. The second-order valence-corrected chi connectivity index (χ2v) is 10.1. The van der Waals surface area contributed by atoms with Gasteiger partial charge in [-0.05, 0) is 38.9 Å². The van der Waals surface area contributed by atoms with Crippen LogP contribution in [0.15, 0.2) is 12.7 Å². The molecule has 0 aromatic carbocycles. The summed E-state index contributed by atoms with van der Waals surface area (Å²) in [4.78, 5) is 11.0. The number of carbonyl (C=O) groups is 1. The molecule has 0 radical (unpaired) electrons. The summed E-state index contributed by atoms with van der Waals surface area (Å²) in [5, 5.41) is 0. The van der Waals surface area contributed by atoms with E-state index in [4.69, 9.17) is 4.74 Å². The smallest absolute Gasteiger partial charge is 0.330 e. The molecule has 2 nitrogen and oxygen atoms in total. The lowest BCUT2D eigenvalue weighted by atomic mass is 10.1. The summed E-state index contributed by atoms with van der Waals surface area (Å²) >= 11 is 0. The molecule has 0 aliphatic heterocycles. The number of hydrogen-bond donors (Lipinski definition) is 0. The first-order valence-corrected chi connectivity index (χ1v) is 11.0. The van der Waals surface area contributed by atoms with Crippen LogP contribution in [0.3, 0.4) is 0 Å². The fraction of sp³-hybridized carbons (Fsp3) is 0.812. The van der Waals surface area contributed by atoms with E-state index in [0.29, 0.717) is 0 Å². The third-order valence-electron chi connectivity index (χ3n) is 3.37. The van der Waals surface area contributed by atoms with E-state index < -0.39 is 8.41 Å². The fourth-order valence-corrected chi connectivity index (χ4v) is 3.26. The number of hydrogen-bond acceptors (Lipinski definition) is 2. The Bertz CT molecular complexity index is 274. The lowest BCUT2D eigenvalue weighted by molar-refractivity contribution is -0.142. The van der Waals surface area contributed by atoms with Crippen molar-refractivity contribution in [1.82, 2.24) is 0 Å². The predicted octanol–water partition coefficient (Wildman–Crippen LogP) is 5.40. The zero-order chi connectivity index (χ0) is 15.4. The molecule has 1 atom stereocenters. The molecule has 4 heteroatoms. The van der Waals surface area contributed by atoms with Crippen LogP contribution in [0, 0.1) is 0 Å². The van der Waals surface area contributed by atoms with E-state index in [0.717, 1.165) is 31.7 Å². The van der Waals surface area contributed by atoms with Crippen molar-refractivity contribution < 1.29 is 13.6 Å². The second-order valence-electron chi connectivity index (χ2n) is 6.18. The molecule has 0 spiro atoms. The zero-order valence-electron chi connectivity index (χ0n) is 13.4. The van der Waals surface area contributed by atoms with Gasteiger partial charge in [0.15, 0.2) is 0 Å². The number of halogens is 1. The van der Waals surface area contributed by atoms with Crippen molar-refractivity contribution in [3.8, 4) is 0 Å². The van der Waals surface area contributed by atoms with E-state index in [1.807, 2.05) is 6.92 Å². The van der Waals surface area contributed by atoms with Gasteiger partial charge in [0.2, 0.25) is 8.41 Å². The lowest BCUT2D eigenvalue weighted by Gasteiger charge is -2.11. The van der Waals surface area contributed by atoms with Crippen LogP contribution in [0.2, 0.25) is 19.1 Å². The maximum Gasteiger partial charge on any atom is 0.330 e. The molecule has 20 heavy (non-hydrogen) atoms. The highest BCUT2D eigenvalue weighted by atomic mass is 28.4. The minimum Gasteiger partial charge on any atom is -0.460 e. The predicted molar refractivity (Wildman–Crippen MR) is 86.1 cm³/mol. The van der Waals surface area contributed by atoms with Crippen LogP contribution in [0.25, 0.3) is 0 Å². The molecule has 0 saturated heterocycles. The van der Waals surface area contributed by atoms with E-state index in [1.54, 1.807) is 13.1 Å². The number of carbonyl (C=O) groups excluding carboxylic acids is 1. The van der Waals surface area contributed by atoms with Gasteiger partial charge in [0.25, 0.3) is 0 Å². The number of unbranched alkanes of at least 4 members (excludes halogenated alkanes) is 6. The zero-order valence-corrected chi connectivity index (χ0v) is 14.4. The molecule has 0 N–H and O–H groups in total. The molecule has 0 saturated carbocycles.